The second kappa shape index (κ2) is 4.55. The Labute approximate surface area is 69.6 Å². The molecule has 0 saturated heterocycles. The fraction of sp³-hybridized carbons (Fsp3) is 0.875. The zero-order valence-corrected chi connectivity index (χ0v) is 7.92. The summed E-state index contributed by atoms with van der Waals surface area (Å²) < 4.78 is 0. The van der Waals surface area contributed by atoms with Crippen LogP contribution in [0, 0.1) is 5.92 Å². The third-order valence-electron chi connectivity index (χ3n) is 2.15. The van der Waals surface area contributed by atoms with Crippen molar-refractivity contribution in [3.63, 3.8) is 0 Å². The summed E-state index contributed by atoms with van der Waals surface area (Å²) in [5, 5.41) is 0. The highest BCUT2D eigenvalue weighted by molar-refractivity contribution is 6.88. The highest BCUT2D eigenvalue weighted by atomic mass is 16.1. The minimum atomic E-state index is -0.264. The lowest BCUT2D eigenvalue weighted by Crippen LogP contribution is -2.42. The number of rotatable bonds is 4. The van der Waals surface area contributed by atoms with Crippen LogP contribution in [0.2, 0.25) is 13.6 Å². The first-order valence-electron chi connectivity index (χ1n) is 4.30. The zero-order chi connectivity index (χ0) is 9.02. The standard InChI is InChI=1S/C8H18BNO/c1-5-6(2)7(10)8(11)9(3)4/h6-7H,5,10H2,1-4H3/t6-,7-/m0/s1. The number of nitrogens with two attached hydrogens (primary N) is 1. The average molecular weight is 155 g/mol. The van der Waals surface area contributed by atoms with E-state index >= 15 is 0 Å². The van der Waals surface area contributed by atoms with Gasteiger partial charge in [0, 0.05) is 0 Å². The van der Waals surface area contributed by atoms with Gasteiger partial charge >= 0.3 is 0 Å². The predicted molar refractivity (Wildman–Crippen MR) is 49.9 cm³/mol. The first-order valence-corrected chi connectivity index (χ1v) is 4.30. The van der Waals surface area contributed by atoms with E-state index in [9.17, 15) is 4.79 Å². The quantitative estimate of drug-likeness (QED) is 0.620. The molecule has 0 rings (SSSR count). The van der Waals surface area contributed by atoms with Crippen LogP contribution in [0.3, 0.4) is 0 Å². The molecule has 0 aliphatic heterocycles. The summed E-state index contributed by atoms with van der Waals surface area (Å²) in [6, 6.07) is -0.264. The molecule has 0 bridgehead atoms. The summed E-state index contributed by atoms with van der Waals surface area (Å²) in [4.78, 5) is 11.3. The van der Waals surface area contributed by atoms with Crippen molar-refractivity contribution in [3.8, 4) is 0 Å². The van der Waals surface area contributed by atoms with Gasteiger partial charge in [0.1, 0.15) is 5.68 Å². The van der Waals surface area contributed by atoms with E-state index in [0.29, 0.717) is 5.92 Å². The van der Waals surface area contributed by atoms with Gasteiger partial charge in [0.15, 0.2) is 0 Å². The van der Waals surface area contributed by atoms with Crippen molar-refractivity contribution >= 4 is 12.4 Å². The lowest BCUT2D eigenvalue weighted by atomic mass is 9.48. The van der Waals surface area contributed by atoms with Gasteiger partial charge < -0.3 is 10.5 Å². The Bertz CT molecular complexity index is 136. The van der Waals surface area contributed by atoms with E-state index in [1.165, 1.54) is 0 Å². The van der Waals surface area contributed by atoms with E-state index < -0.39 is 0 Å². The molecule has 0 heterocycles. The summed E-state index contributed by atoms with van der Waals surface area (Å²) in [6.07, 6.45) is 0.972. The number of hydrogen-bond donors (Lipinski definition) is 1. The Kier molecular flexibility index (Phi) is 4.42. The Morgan fingerprint density at radius 2 is 2.00 bits per heavy atom. The molecule has 2 atom stereocenters. The predicted octanol–water partition coefficient (Wildman–Crippen LogP) is 1.22. The van der Waals surface area contributed by atoms with Crippen LogP contribution in [0.25, 0.3) is 0 Å². The van der Waals surface area contributed by atoms with Crippen LogP contribution in [0.5, 0.6) is 0 Å². The highest BCUT2D eigenvalue weighted by Crippen LogP contribution is 2.07. The van der Waals surface area contributed by atoms with Crippen molar-refractivity contribution in [3.05, 3.63) is 0 Å². The van der Waals surface area contributed by atoms with Gasteiger partial charge in [-0.2, -0.15) is 0 Å². The molecular formula is C8H18BNO. The van der Waals surface area contributed by atoms with Crippen LogP contribution in [-0.4, -0.2) is 18.4 Å². The van der Waals surface area contributed by atoms with Crippen molar-refractivity contribution in [1.29, 1.82) is 0 Å². The van der Waals surface area contributed by atoms with Crippen LogP contribution in [0.4, 0.5) is 0 Å². The molecule has 0 aromatic carbocycles. The van der Waals surface area contributed by atoms with Gasteiger partial charge in [-0.25, -0.2) is 0 Å². The van der Waals surface area contributed by atoms with E-state index in [1.807, 2.05) is 20.6 Å². The van der Waals surface area contributed by atoms with Crippen molar-refractivity contribution in [2.24, 2.45) is 11.7 Å². The van der Waals surface area contributed by atoms with Gasteiger partial charge in [-0.1, -0.05) is 33.9 Å². The number of hydrogen-bond acceptors (Lipinski definition) is 2. The Morgan fingerprint density at radius 1 is 1.55 bits per heavy atom. The minimum Gasteiger partial charge on any atom is -0.322 e. The SMILES string of the molecule is CC[C@H](C)[C@H](N)C(=O)B(C)C. The van der Waals surface area contributed by atoms with Gasteiger partial charge in [-0.05, 0) is 5.92 Å². The molecule has 11 heavy (non-hydrogen) atoms. The van der Waals surface area contributed by atoms with Gasteiger partial charge in [0.05, 0.1) is 6.04 Å². The lowest BCUT2D eigenvalue weighted by Gasteiger charge is -2.17. The molecule has 0 aromatic heterocycles. The molecule has 0 radical (unpaired) electrons. The van der Waals surface area contributed by atoms with Crippen LogP contribution in [-0.2, 0) is 4.79 Å². The van der Waals surface area contributed by atoms with Crippen LogP contribution >= 0.6 is 0 Å². The van der Waals surface area contributed by atoms with Crippen LogP contribution in [0.1, 0.15) is 20.3 Å². The molecule has 0 fully saturated rings. The smallest absolute Gasteiger partial charge is 0.219 e. The molecule has 0 aromatic rings. The normalized spacial score (nSPS) is 15.7. The summed E-state index contributed by atoms with van der Waals surface area (Å²) in [5.74, 6) is 0.310. The highest BCUT2D eigenvalue weighted by Gasteiger charge is 2.22. The van der Waals surface area contributed by atoms with Gasteiger partial charge in [0.25, 0.3) is 0 Å². The molecule has 0 spiro atoms. The lowest BCUT2D eigenvalue weighted by molar-refractivity contribution is -0.114. The second-order valence-corrected chi connectivity index (χ2v) is 3.47. The summed E-state index contributed by atoms with van der Waals surface area (Å²) in [7, 11) is 0. The fourth-order valence-electron chi connectivity index (χ4n) is 0.919. The average Bonchev–Trinajstić information content (AvgIpc) is 2.00. The Balaban J connectivity index is 4.02. The topological polar surface area (TPSA) is 43.1 Å². The molecule has 2 nitrogen and oxygen atoms in total. The second-order valence-electron chi connectivity index (χ2n) is 3.47. The summed E-state index contributed by atoms with van der Waals surface area (Å²) in [5.41, 5.74) is 5.90. The summed E-state index contributed by atoms with van der Waals surface area (Å²) in [6.45, 7) is 7.93. The van der Waals surface area contributed by atoms with E-state index in [-0.39, 0.29) is 18.4 Å². The minimum absolute atomic E-state index is 0.0685. The molecule has 64 valence electrons. The van der Waals surface area contributed by atoms with E-state index in [2.05, 4.69) is 6.92 Å². The van der Waals surface area contributed by atoms with Crippen LogP contribution in [0.15, 0.2) is 0 Å². The maximum Gasteiger partial charge on any atom is 0.219 e. The molecular weight excluding hydrogens is 137 g/mol. The number of carbonyl (C=O) groups excluding carboxylic acids is 1. The first-order chi connectivity index (χ1) is 5.00. The van der Waals surface area contributed by atoms with Crippen molar-refractivity contribution in [2.75, 3.05) is 0 Å². The Morgan fingerprint density at radius 3 is 2.27 bits per heavy atom. The van der Waals surface area contributed by atoms with Crippen molar-refractivity contribution in [1.82, 2.24) is 0 Å². The maximum absolute atomic E-state index is 11.3. The summed E-state index contributed by atoms with van der Waals surface area (Å²) >= 11 is 0. The van der Waals surface area contributed by atoms with E-state index in [0.717, 1.165) is 6.42 Å². The van der Waals surface area contributed by atoms with E-state index in [1.54, 1.807) is 0 Å². The van der Waals surface area contributed by atoms with Gasteiger partial charge in [-0.15, -0.1) is 0 Å². The van der Waals surface area contributed by atoms with E-state index in [4.69, 9.17) is 5.73 Å². The zero-order valence-electron chi connectivity index (χ0n) is 7.92. The molecule has 0 unspecified atom stereocenters. The number of carbonyl (C=O) groups is 1. The molecule has 2 N–H and O–H groups in total. The third-order valence-corrected chi connectivity index (χ3v) is 2.15. The molecule has 3 heteroatoms. The molecule has 0 amide bonds. The largest absolute Gasteiger partial charge is 0.322 e. The third kappa shape index (κ3) is 3.06. The maximum atomic E-state index is 11.3. The van der Waals surface area contributed by atoms with Crippen LogP contribution < -0.4 is 5.73 Å². The monoisotopic (exact) mass is 155 g/mol. The van der Waals surface area contributed by atoms with Crippen molar-refractivity contribution in [2.45, 2.75) is 40.0 Å². The fourth-order valence-corrected chi connectivity index (χ4v) is 0.919. The van der Waals surface area contributed by atoms with Gasteiger partial charge in [-0.3, -0.25) is 0 Å². The van der Waals surface area contributed by atoms with Gasteiger partial charge in [0.2, 0.25) is 6.71 Å². The van der Waals surface area contributed by atoms with Crippen molar-refractivity contribution < 1.29 is 4.79 Å². The first kappa shape index (κ1) is 10.7. The Hall–Kier alpha value is -0.305. The molecule has 0 aliphatic rings. The molecule has 0 saturated carbocycles. The molecule has 0 aliphatic carbocycles.